The van der Waals surface area contributed by atoms with E-state index in [4.69, 9.17) is 4.84 Å². The lowest BCUT2D eigenvalue weighted by atomic mass is 10.2. The Morgan fingerprint density at radius 2 is 1.79 bits per heavy atom. The van der Waals surface area contributed by atoms with Crippen molar-refractivity contribution in [3.05, 3.63) is 71.0 Å². The van der Waals surface area contributed by atoms with E-state index >= 15 is 0 Å². The molecule has 19 heavy (non-hydrogen) atoms. The van der Waals surface area contributed by atoms with Crippen LogP contribution in [0.25, 0.3) is 0 Å². The highest BCUT2D eigenvalue weighted by molar-refractivity contribution is 5.78. The van der Waals surface area contributed by atoms with E-state index in [0.717, 1.165) is 12.1 Å². The van der Waals surface area contributed by atoms with Crippen LogP contribution >= 0.6 is 0 Å². The average molecular weight is 264 g/mol. The van der Waals surface area contributed by atoms with Gasteiger partial charge in [0.2, 0.25) is 0 Å². The predicted octanol–water partition coefficient (Wildman–Crippen LogP) is 3.53. The summed E-state index contributed by atoms with van der Waals surface area (Å²) in [6.07, 6.45) is 2.45. The van der Waals surface area contributed by atoms with Gasteiger partial charge in [0.1, 0.15) is 30.3 Å². The number of nitrogens with zero attached hydrogens (tertiary/aromatic N) is 1. The molecule has 0 saturated carbocycles. The molecule has 1 radical (unpaired) electrons. The largest absolute Gasteiger partial charge is 0.390 e. The summed E-state index contributed by atoms with van der Waals surface area (Å²) >= 11 is 0. The summed E-state index contributed by atoms with van der Waals surface area (Å²) in [5.74, 6) is -1.78. The minimum absolute atomic E-state index is 0.158. The number of hydrogen-bond acceptors (Lipinski definition) is 2. The first kappa shape index (κ1) is 13.1. The minimum atomic E-state index is -0.707. The van der Waals surface area contributed by atoms with Crippen LogP contribution in [0.5, 0.6) is 0 Å². The van der Waals surface area contributed by atoms with E-state index in [1.165, 1.54) is 24.3 Å². The molecule has 0 aliphatic heterocycles. The molecule has 0 aliphatic carbocycles. The molecule has 2 nitrogen and oxygen atoms in total. The summed E-state index contributed by atoms with van der Waals surface area (Å²) < 4.78 is 38.7. The molecule has 2 aromatic rings. The standard InChI is InChI=1S/C14H9F3NO/c15-12-3-1-2-10(6-12)8-18-19-9-11-4-5-13(16)7-14(11)17/h1-7H,9H2. The SMILES string of the molecule is Fc1cccc(/[C]=N\OCc2ccc(F)cc2F)c1. The second-order valence-electron chi connectivity index (χ2n) is 3.72. The van der Waals surface area contributed by atoms with Gasteiger partial charge in [-0.25, -0.2) is 13.2 Å². The Labute approximate surface area is 108 Å². The highest BCUT2D eigenvalue weighted by Crippen LogP contribution is 2.10. The topological polar surface area (TPSA) is 21.6 Å². The van der Waals surface area contributed by atoms with E-state index < -0.39 is 17.5 Å². The molecule has 0 amide bonds. The van der Waals surface area contributed by atoms with Gasteiger partial charge in [-0.15, -0.1) is 0 Å². The van der Waals surface area contributed by atoms with E-state index in [1.807, 2.05) is 0 Å². The van der Waals surface area contributed by atoms with Gasteiger partial charge in [-0.05, 0) is 24.3 Å². The van der Waals surface area contributed by atoms with Crippen LogP contribution in [-0.4, -0.2) is 6.21 Å². The fourth-order valence-corrected chi connectivity index (χ4v) is 1.38. The van der Waals surface area contributed by atoms with Crippen molar-refractivity contribution in [3.63, 3.8) is 0 Å². The van der Waals surface area contributed by atoms with Crippen LogP contribution in [0.4, 0.5) is 13.2 Å². The lowest BCUT2D eigenvalue weighted by Crippen LogP contribution is -1.93. The first-order chi connectivity index (χ1) is 9.15. The minimum Gasteiger partial charge on any atom is -0.390 e. The Morgan fingerprint density at radius 3 is 2.53 bits per heavy atom. The van der Waals surface area contributed by atoms with Gasteiger partial charge < -0.3 is 4.84 Å². The van der Waals surface area contributed by atoms with Crippen LogP contribution in [0.1, 0.15) is 11.1 Å². The van der Waals surface area contributed by atoms with Gasteiger partial charge in [-0.3, -0.25) is 0 Å². The van der Waals surface area contributed by atoms with Gasteiger partial charge in [-0.2, -0.15) is 0 Å². The number of halogens is 3. The average Bonchev–Trinajstić information content (AvgIpc) is 2.37. The van der Waals surface area contributed by atoms with Gasteiger partial charge in [-0.1, -0.05) is 17.3 Å². The predicted molar refractivity (Wildman–Crippen MR) is 64.1 cm³/mol. The Kier molecular flexibility index (Phi) is 4.18. The summed E-state index contributed by atoms with van der Waals surface area (Å²) in [6, 6.07) is 8.77. The van der Waals surface area contributed by atoms with E-state index in [-0.39, 0.29) is 12.2 Å². The van der Waals surface area contributed by atoms with E-state index in [0.29, 0.717) is 5.56 Å². The zero-order chi connectivity index (χ0) is 13.7. The molecule has 0 N–H and O–H groups in total. The molecule has 5 heteroatoms. The van der Waals surface area contributed by atoms with E-state index in [1.54, 1.807) is 6.07 Å². The van der Waals surface area contributed by atoms with Crippen molar-refractivity contribution in [3.8, 4) is 0 Å². The zero-order valence-corrected chi connectivity index (χ0v) is 9.74. The lowest BCUT2D eigenvalue weighted by molar-refractivity contribution is 0.129. The molecule has 0 aromatic heterocycles. The van der Waals surface area contributed by atoms with Crippen molar-refractivity contribution in [2.24, 2.45) is 5.16 Å². The molecule has 0 spiro atoms. The van der Waals surface area contributed by atoms with E-state index in [9.17, 15) is 13.2 Å². The summed E-state index contributed by atoms with van der Waals surface area (Å²) in [6.45, 7) is -0.158. The maximum absolute atomic E-state index is 13.2. The third-order valence-corrected chi connectivity index (χ3v) is 2.30. The van der Waals surface area contributed by atoms with E-state index in [2.05, 4.69) is 11.4 Å². The second-order valence-corrected chi connectivity index (χ2v) is 3.72. The van der Waals surface area contributed by atoms with Gasteiger partial charge in [0, 0.05) is 17.2 Å². The third-order valence-electron chi connectivity index (χ3n) is 2.30. The quantitative estimate of drug-likeness (QED) is 0.611. The third kappa shape index (κ3) is 3.84. The number of benzene rings is 2. The van der Waals surface area contributed by atoms with Gasteiger partial charge in [0.15, 0.2) is 0 Å². The van der Waals surface area contributed by atoms with Gasteiger partial charge in [0.25, 0.3) is 0 Å². The van der Waals surface area contributed by atoms with Crippen molar-refractivity contribution < 1.29 is 18.0 Å². The zero-order valence-electron chi connectivity index (χ0n) is 9.74. The van der Waals surface area contributed by atoms with Crippen LogP contribution in [0.3, 0.4) is 0 Å². The Hall–Kier alpha value is -2.30. The normalized spacial score (nSPS) is 10.9. The number of rotatable bonds is 4. The maximum atomic E-state index is 13.2. The Morgan fingerprint density at radius 1 is 1.00 bits per heavy atom. The molecule has 0 aliphatic rings. The fraction of sp³-hybridized carbons (Fsp3) is 0.0714. The summed E-state index contributed by atoms with van der Waals surface area (Å²) in [4.78, 5) is 4.81. The van der Waals surface area contributed by atoms with Gasteiger partial charge in [0.05, 0.1) is 0 Å². The first-order valence-electron chi connectivity index (χ1n) is 5.42. The molecule has 0 fully saturated rings. The van der Waals surface area contributed by atoms with Crippen molar-refractivity contribution >= 4 is 6.21 Å². The van der Waals surface area contributed by atoms with Crippen molar-refractivity contribution in [2.75, 3.05) is 0 Å². The highest BCUT2D eigenvalue weighted by atomic mass is 19.1. The highest BCUT2D eigenvalue weighted by Gasteiger charge is 2.03. The Balaban J connectivity index is 1.93. The van der Waals surface area contributed by atoms with Crippen LogP contribution in [0.15, 0.2) is 47.6 Å². The Bertz CT molecular complexity index is 599. The molecule has 0 saturated heterocycles. The summed E-state index contributed by atoms with van der Waals surface area (Å²) in [5, 5.41) is 3.46. The lowest BCUT2D eigenvalue weighted by Gasteiger charge is -2.01. The molecule has 97 valence electrons. The molecule has 0 bridgehead atoms. The van der Waals surface area contributed by atoms with Crippen LogP contribution in [0, 0.1) is 17.5 Å². The van der Waals surface area contributed by atoms with Crippen LogP contribution in [0.2, 0.25) is 0 Å². The molecule has 0 unspecified atom stereocenters. The molecule has 0 atom stereocenters. The molecular weight excluding hydrogens is 255 g/mol. The molecule has 0 heterocycles. The first-order valence-corrected chi connectivity index (χ1v) is 5.42. The van der Waals surface area contributed by atoms with Gasteiger partial charge >= 0.3 is 0 Å². The summed E-state index contributed by atoms with van der Waals surface area (Å²) in [5.41, 5.74) is 0.575. The number of hydrogen-bond donors (Lipinski definition) is 0. The second kappa shape index (κ2) is 6.04. The molecule has 2 aromatic carbocycles. The van der Waals surface area contributed by atoms with Crippen LogP contribution in [-0.2, 0) is 11.4 Å². The fourth-order valence-electron chi connectivity index (χ4n) is 1.38. The van der Waals surface area contributed by atoms with Crippen LogP contribution < -0.4 is 0 Å². The molecule has 2 rings (SSSR count). The van der Waals surface area contributed by atoms with Crippen molar-refractivity contribution in [1.29, 1.82) is 0 Å². The van der Waals surface area contributed by atoms with Crippen molar-refractivity contribution in [2.45, 2.75) is 6.61 Å². The van der Waals surface area contributed by atoms with Crippen molar-refractivity contribution in [1.82, 2.24) is 0 Å². The summed E-state index contributed by atoms with van der Waals surface area (Å²) in [7, 11) is 0. The maximum Gasteiger partial charge on any atom is 0.145 e. The smallest absolute Gasteiger partial charge is 0.145 e. The monoisotopic (exact) mass is 264 g/mol. The molecular formula is C14H9F3NO.